The molecule has 2 N–H and O–H groups in total. The van der Waals surface area contributed by atoms with Crippen molar-refractivity contribution < 1.29 is 19.0 Å². The summed E-state index contributed by atoms with van der Waals surface area (Å²) in [6.07, 6.45) is -0.865. The van der Waals surface area contributed by atoms with Crippen LogP contribution < -0.4 is 4.90 Å². The number of aromatic nitrogens is 1. The maximum absolute atomic E-state index is 13.3. The monoisotopic (exact) mass is 273 g/mol. The van der Waals surface area contributed by atoms with Gasteiger partial charge in [-0.1, -0.05) is 0 Å². The van der Waals surface area contributed by atoms with Crippen LogP contribution in [0.5, 0.6) is 0 Å². The average molecular weight is 273 g/mol. The molecule has 0 bridgehead atoms. The maximum Gasteiger partial charge on any atom is 0.270 e. The van der Waals surface area contributed by atoms with Gasteiger partial charge in [-0.05, 0) is 26.1 Å². The first kappa shape index (κ1) is 14.1. The third-order valence-electron chi connectivity index (χ3n) is 3.49. The van der Waals surface area contributed by atoms with Crippen LogP contribution in [0.4, 0.5) is 14.6 Å². The van der Waals surface area contributed by atoms with Gasteiger partial charge in [0.25, 0.3) is 5.92 Å². The molecule has 3 unspecified atom stereocenters. The zero-order valence-corrected chi connectivity index (χ0v) is 11.0. The van der Waals surface area contributed by atoms with Crippen LogP contribution in [0.3, 0.4) is 0 Å². The highest BCUT2D eigenvalue weighted by Gasteiger charge is 2.42. The normalized spacial score (nSPS) is 29.0. The van der Waals surface area contributed by atoms with Crippen LogP contribution in [0.2, 0.25) is 0 Å². The van der Waals surface area contributed by atoms with Crippen LogP contribution in [0.1, 0.15) is 19.4 Å². The van der Waals surface area contributed by atoms with Crippen molar-refractivity contribution in [1.29, 1.82) is 0 Å². The van der Waals surface area contributed by atoms with E-state index in [1.807, 2.05) is 0 Å². The Bertz CT molecular complexity index is 453. The summed E-state index contributed by atoms with van der Waals surface area (Å²) in [5.74, 6) is -2.87. The molecule has 3 atom stereocenters. The van der Waals surface area contributed by atoms with Crippen LogP contribution in [0, 0.1) is 0 Å². The first-order valence-corrected chi connectivity index (χ1v) is 5.94. The van der Waals surface area contributed by atoms with Crippen molar-refractivity contribution in [3.63, 3.8) is 0 Å². The molecule has 0 amide bonds. The van der Waals surface area contributed by atoms with Gasteiger partial charge in [-0.25, -0.2) is 13.8 Å². The number of nitrogens with zero attached hydrogens (tertiary/aromatic N) is 3. The van der Waals surface area contributed by atoms with E-state index < -0.39 is 18.5 Å². The second-order valence-corrected chi connectivity index (χ2v) is 4.86. The van der Waals surface area contributed by atoms with Crippen LogP contribution in [-0.4, -0.2) is 45.8 Å². The summed E-state index contributed by atoms with van der Waals surface area (Å²) in [7, 11) is 1.64. The Labute approximate surface area is 110 Å². The summed E-state index contributed by atoms with van der Waals surface area (Å²) in [6.45, 7) is 2.52. The van der Waals surface area contributed by atoms with E-state index in [0.717, 1.165) is 6.92 Å². The van der Waals surface area contributed by atoms with Gasteiger partial charge in [0.1, 0.15) is 12.0 Å². The van der Waals surface area contributed by atoms with Gasteiger partial charge in [0.15, 0.2) is 6.35 Å². The first-order chi connectivity index (χ1) is 8.73. The molecule has 5 nitrogen and oxygen atoms in total. The van der Waals surface area contributed by atoms with Crippen LogP contribution >= 0.6 is 0 Å². The Morgan fingerprint density at radius 3 is 2.47 bits per heavy atom. The molecule has 1 aliphatic rings. The lowest BCUT2D eigenvalue weighted by Gasteiger charge is -2.26. The zero-order chi connectivity index (χ0) is 14.4. The highest BCUT2D eigenvalue weighted by atomic mass is 19.3. The molecule has 0 radical (unpaired) electrons. The van der Waals surface area contributed by atoms with Crippen molar-refractivity contribution in [2.45, 2.75) is 38.4 Å². The minimum Gasteiger partial charge on any atom is -0.372 e. The number of halogens is 2. The summed E-state index contributed by atoms with van der Waals surface area (Å²) in [4.78, 5) is 6.69. The summed E-state index contributed by atoms with van der Waals surface area (Å²) in [5, 5.41) is 20.1. The van der Waals surface area contributed by atoms with E-state index in [0.29, 0.717) is 0 Å². The highest BCUT2D eigenvalue weighted by molar-refractivity contribution is 5.44. The predicted molar refractivity (Wildman–Crippen MR) is 65.5 cm³/mol. The van der Waals surface area contributed by atoms with E-state index in [-0.39, 0.29) is 17.4 Å². The first-order valence-electron chi connectivity index (χ1n) is 5.94. The molecule has 2 heterocycles. The molecule has 0 saturated carbocycles. The topological polar surface area (TPSA) is 59.8 Å². The summed E-state index contributed by atoms with van der Waals surface area (Å²) >= 11 is 0. The molecular formula is C12H17F2N3O2. The summed E-state index contributed by atoms with van der Waals surface area (Å²) < 4.78 is 26.6. The fourth-order valence-electron chi connectivity index (χ4n) is 2.07. The second-order valence-electron chi connectivity index (χ2n) is 4.86. The molecule has 1 saturated heterocycles. The number of pyridine rings is 1. The average Bonchev–Trinajstić information content (AvgIpc) is 2.53. The van der Waals surface area contributed by atoms with Crippen molar-refractivity contribution in [1.82, 2.24) is 9.88 Å². The minimum absolute atomic E-state index is 0.121. The quantitative estimate of drug-likeness (QED) is 0.839. The standard InChI is InChI=1S/C12H17F2N3O2/c1-7-10(18)17(11(19)16(7)3)9-6-8(4-5-15-9)12(2,13)14/h4-7,10-11,18-19H,1-3H3. The van der Waals surface area contributed by atoms with E-state index in [1.165, 1.54) is 28.1 Å². The Balaban J connectivity index is 2.37. The molecule has 7 heteroatoms. The van der Waals surface area contributed by atoms with E-state index in [2.05, 4.69) is 4.98 Å². The molecule has 0 aliphatic carbocycles. The lowest BCUT2D eigenvalue weighted by molar-refractivity contribution is 0.0171. The number of hydrogen-bond acceptors (Lipinski definition) is 5. The Hall–Kier alpha value is -1.31. The number of alkyl halides is 2. The van der Waals surface area contributed by atoms with Crippen LogP contribution in [0.25, 0.3) is 0 Å². The molecule has 19 heavy (non-hydrogen) atoms. The van der Waals surface area contributed by atoms with Gasteiger partial charge in [0.05, 0.1) is 6.04 Å². The summed E-state index contributed by atoms with van der Waals surface area (Å²) in [6, 6.07) is 2.06. The third-order valence-corrected chi connectivity index (χ3v) is 3.49. The van der Waals surface area contributed by atoms with Gasteiger partial charge in [0.2, 0.25) is 0 Å². The SMILES string of the molecule is CC1C(O)N(c2cc(C(C)(F)F)ccn2)C(O)N1C. The molecular weight excluding hydrogens is 256 g/mol. The largest absolute Gasteiger partial charge is 0.372 e. The Morgan fingerprint density at radius 2 is 2.00 bits per heavy atom. The van der Waals surface area contributed by atoms with Gasteiger partial charge in [0, 0.05) is 18.7 Å². The molecule has 106 valence electrons. The molecule has 0 spiro atoms. The van der Waals surface area contributed by atoms with E-state index >= 15 is 0 Å². The number of likely N-dealkylation sites (N-methyl/N-ethyl adjacent to an activating group) is 1. The molecule has 2 rings (SSSR count). The van der Waals surface area contributed by atoms with Crippen molar-refractivity contribution in [2.24, 2.45) is 0 Å². The van der Waals surface area contributed by atoms with Gasteiger partial charge >= 0.3 is 0 Å². The smallest absolute Gasteiger partial charge is 0.270 e. The van der Waals surface area contributed by atoms with Crippen molar-refractivity contribution in [2.75, 3.05) is 11.9 Å². The highest BCUT2D eigenvalue weighted by Crippen LogP contribution is 2.32. The number of aliphatic hydroxyl groups excluding tert-OH is 2. The van der Waals surface area contributed by atoms with Crippen molar-refractivity contribution in [3.8, 4) is 0 Å². The lowest BCUT2D eigenvalue weighted by Crippen LogP contribution is -2.40. The maximum atomic E-state index is 13.3. The predicted octanol–water partition coefficient (Wildman–Crippen LogP) is 0.928. The van der Waals surface area contributed by atoms with Crippen LogP contribution in [0.15, 0.2) is 18.3 Å². The molecule has 1 fully saturated rings. The van der Waals surface area contributed by atoms with Crippen LogP contribution in [-0.2, 0) is 5.92 Å². The van der Waals surface area contributed by atoms with Gasteiger partial charge < -0.3 is 10.2 Å². The van der Waals surface area contributed by atoms with E-state index in [4.69, 9.17) is 0 Å². The fourth-order valence-corrected chi connectivity index (χ4v) is 2.07. The number of hydrogen-bond donors (Lipinski definition) is 2. The lowest BCUT2D eigenvalue weighted by atomic mass is 10.1. The summed E-state index contributed by atoms with van der Waals surface area (Å²) in [5.41, 5.74) is -0.209. The minimum atomic E-state index is -3.00. The third kappa shape index (κ3) is 2.41. The second kappa shape index (κ2) is 4.66. The van der Waals surface area contributed by atoms with E-state index in [1.54, 1.807) is 14.0 Å². The van der Waals surface area contributed by atoms with Crippen molar-refractivity contribution >= 4 is 5.82 Å². The number of rotatable bonds is 2. The molecule has 1 aromatic rings. The Morgan fingerprint density at radius 1 is 1.37 bits per heavy atom. The zero-order valence-electron chi connectivity index (χ0n) is 11.0. The Kier molecular flexibility index (Phi) is 3.46. The molecule has 1 aromatic heterocycles. The molecule has 1 aliphatic heterocycles. The fraction of sp³-hybridized carbons (Fsp3) is 0.583. The van der Waals surface area contributed by atoms with Crippen molar-refractivity contribution in [3.05, 3.63) is 23.9 Å². The number of anilines is 1. The van der Waals surface area contributed by atoms with Gasteiger partial charge in [-0.15, -0.1) is 0 Å². The van der Waals surface area contributed by atoms with Gasteiger partial charge in [-0.2, -0.15) is 0 Å². The molecule has 0 aromatic carbocycles. The number of aliphatic hydroxyl groups is 2. The van der Waals surface area contributed by atoms with E-state index in [9.17, 15) is 19.0 Å². The van der Waals surface area contributed by atoms with Gasteiger partial charge in [-0.3, -0.25) is 9.80 Å².